The van der Waals surface area contributed by atoms with Crippen LogP contribution in [0.25, 0.3) is 0 Å². The number of allylic oxidation sites excluding steroid dienone is 1. The molecule has 0 radical (unpaired) electrons. The summed E-state index contributed by atoms with van der Waals surface area (Å²) in [5, 5.41) is 0. The van der Waals surface area contributed by atoms with Crippen LogP contribution >= 0.6 is 22.6 Å². The van der Waals surface area contributed by atoms with Crippen molar-refractivity contribution in [2.24, 2.45) is 0 Å². The van der Waals surface area contributed by atoms with Crippen LogP contribution < -0.4 is 0 Å². The molecule has 0 fully saturated rings. The molecule has 0 aliphatic rings. The van der Waals surface area contributed by atoms with Crippen LogP contribution in [0.2, 0.25) is 0 Å². The van der Waals surface area contributed by atoms with E-state index < -0.39 is 0 Å². The molecule has 0 saturated carbocycles. The molecule has 0 spiro atoms. The Morgan fingerprint density at radius 2 is 2.12 bits per heavy atom. The number of rotatable bonds is 3. The summed E-state index contributed by atoms with van der Waals surface area (Å²) in [4.78, 5) is 0. The Labute approximate surface area is 65.5 Å². The second-order valence-corrected chi connectivity index (χ2v) is 3.39. The molecule has 0 aromatic rings. The van der Waals surface area contributed by atoms with Crippen molar-refractivity contribution in [3.05, 3.63) is 12.2 Å². The average Bonchev–Trinajstić information content (AvgIpc) is 1.84. The molecule has 48 valence electrons. The molecule has 0 aliphatic heterocycles. The minimum Gasteiger partial charge on any atom is -0.0988 e. The molecule has 0 unspecified atom stereocenters. The third-order valence-electron chi connectivity index (χ3n) is 1.26. The van der Waals surface area contributed by atoms with Gasteiger partial charge in [0.15, 0.2) is 0 Å². The van der Waals surface area contributed by atoms with Gasteiger partial charge >= 0.3 is 0 Å². The fourth-order valence-electron chi connectivity index (χ4n) is 0.510. The molecule has 0 bridgehead atoms. The summed E-state index contributed by atoms with van der Waals surface area (Å²) in [5.41, 5.74) is 1.37. The van der Waals surface area contributed by atoms with Gasteiger partial charge in [0.2, 0.25) is 0 Å². The topological polar surface area (TPSA) is 0 Å². The lowest BCUT2D eigenvalue weighted by Crippen LogP contribution is -1.96. The molecule has 0 aromatic carbocycles. The molecule has 0 nitrogen and oxygen atoms in total. The van der Waals surface area contributed by atoms with Crippen molar-refractivity contribution in [2.75, 3.05) is 0 Å². The van der Waals surface area contributed by atoms with E-state index in [0.717, 1.165) is 6.42 Å². The highest BCUT2D eigenvalue weighted by Gasteiger charge is 2.00. The zero-order valence-electron chi connectivity index (χ0n) is 5.58. The molecule has 0 saturated heterocycles. The Balaban J connectivity index is 3.46. The van der Waals surface area contributed by atoms with Crippen LogP contribution in [-0.4, -0.2) is 3.92 Å². The van der Waals surface area contributed by atoms with Crippen molar-refractivity contribution >= 4 is 22.6 Å². The largest absolute Gasteiger partial charge is 0.0988 e. The number of hydrogen-bond donors (Lipinski definition) is 0. The van der Waals surface area contributed by atoms with Gasteiger partial charge in [0, 0.05) is 3.92 Å². The molecule has 8 heavy (non-hydrogen) atoms. The van der Waals surface area contributed by atoms with Crippen LogP contribution in [-0.2, 0) is 0 Å². The minimum absolute atomic E-state index is 0.692. The fraction of sp³-hybridized carbons (Fsp3) is 0.714. The standard InChI is InChI=1S/C7H13I/c1-4-6(3)7(8)5-2/h7H,3-5H2,1-2H3/t7-/m1/s1. The third kappa shape index (κ3) is 2.70. The van der Waals surface area contributed by atoms with Crippen molar-refractivity contribution in [3.63, 3.8) is 0 Å². The van der Waals surface area contributed by atoms with Crippen LogP contribution in [0.5, 0.6) is 0 Å². The van der Waals surface area contributed by atoms with Gasteiger partial charge in [-0.25, -0.2) is 0 Å². The minimum atomic E-state index is 0.692. The zero-order chi connectivity index (χ0) is 6.57. The van der Waals surface area contributed by atoms with Crippen LogP contribution in [0, 0.1) is 0 Å². The summed E-state index contributed by atoms with van der Waals surface area (Å²) in [6.07, 6.45) is 2.34. The molecule has 0 N–H and O–H groups in total. The lowest BCUT2D eigenvalue weighted by atomic mass is 10.1. The first kappa shape index (κ1) is 8.47. The van der Waals surface area contributed by atoms with Crippen molar-refractivity contribution in [2.45, 2.75) is 30.6 Å². The number of hydrogen-bond acceptors (Lipinski definition) is 0. The average molecular weight is 224 g/mol. The van der Waals surface area contributed by atoms with Gasteiger partial charge in [-0.2, -0.15) is 0 Å². The van der Waals surface area contributed by atoms with Crippen molar-refractivity contribution in [3.8, 4) is 0 Å². The normalized spacial score (nSPS) is 13.4. The van der Waals surface area contributed by atoms with E-state index in [1.165, 1.54) is 12.0 Å². The van der Waals surface area contributed by atoms with Gasteiger partial charge in [-0.05, 0) is 12.8 Å². The fourth-order valence-corrected chi connectivity index (χ4v) is 0.951. The predicted molar refractivity (Wildman–Crippen MR) is 47.5 cm³/mol. The summed E-state index contributed by atoms with van der Waals surface area (Å²) in [6, 6.07) is 0. The first-order chi connectivity index (χ1) is 3.72. The SMILES string of the molecule is C=C(CC)[C@H](I)CC. The summed E-state index contributed by atoms with van der Waals surface area (Å²) in [6.45, 7) is 8.29. The molecular formula is C7H13I. The molecule has 0 aliphatic carbocycles. The van der Waals surface area contributed by atoms with E-state index in [1.807, 2.05) is 0 Å². The van der Waals surface area contributed by atoms with E-state index in [4.69, 9.17) is 0 Å². The predicted octanol–water partition coefficient (Wildman–Crippen LogP) is 3.17. The van der Waals surface area contributed by atoms with Gasteiger partial charge in [-0.15, -0.1) is 0 Å². The van der Waals surface area contributed by atoms with Crippen LogP contribution in [0.1, 0.15) is 26.7 Å². The van der Waals surface area contributed by atoms with E-state index in [1.54, 1.807) is 0 Å². The van der Waals surface area contributed by atoms with E-state index in [2.05, 4.69) is 43.0 Å². The van der Waals surface area contributed by atoms with Gasteiger partial charge in [0.1, 0.15) is 0 Å². The number of halogens is 1. The molecule has 0 aromatic heterocycles. The first-order valence-electron chi connectivity index (χ1n) is 3.04. The van der Waals surface area contributed by atoms with E-state index in [-0.39, 0.29) is 0 Å². The van der Waals surface area contributed by atoms with Crippen LogP contribution in [0.3, 0.4) is 0 Å². The highest BCUT2D eigenvalue weighted by Crippen LogP contribution is 2.16. The van der Waals surface area contributed by atoms with Gasteiger partial charge in [0.25, 0.3) is 0 Å². The van der Waals surface area contributed by atoms with E-state index in [9.17, 15) is 0 Å². The quantitative estimate of drug-likeness (QED) is 0.392. The summed E-state index contributed by atoms with van der Waals surface area (Å²) in [7, 11) is 0. The van der Waals surface area contributed by atoms with Crippen molar-refractivity contribution in [1.82, 2.24) is 0 Å². The second-order valence-electron chi connectivity index (χ2n) is 1.89. The maximum atomic E-state index is 3.94. The van der Waals surface area contributed by atoms with Crippen molar-refractivity contribution in [1.29, 1.82) is 0 Å². The second kappa shape index (κ2) is 4.36. The lowest BCUT2D eigenvalue weighted by molar-refractivity contribution is 0.906. The monoisotopic (exact) mass is 224 g/mol. The summed E-state index contributed by atoms with van der Waals surface area (Å²) >= 11 is 2.43. The van der Waals surface area contributed by atoms with Gasteiger partial charge in [-0.1, -0.05) is 48.6 Å². The first-order valence-corrected chi connectivity index (χ1v) is 4.28. The highest BCUT2D eigenvalue weighted by molar-refractivity contribution is 14.1. The molecule has 0 heterocycles. The Bertz CT molecular complexity index is 76.5. The molecule has 0 amide bonds. The van der Waals surface area contributed by atoms with Crippen molar-refractivity contribution < 1.29 is 0 Å². The maximum Gasteiger partial charge on any atom is 0.0313 e. The van der Waals surface area contributed by atoms with E-state index in [0.29, 0.717) is 3.92 Å². The summed E-state index contributed by atoms with van der Waals surface area (Å²) in [5.74, 6) is 0. The van der Waals surface area contributed by atoms with Crippen LogP contribution in [0.4, 0.5) is 0 Å². The Kier molecular flexibility index (Phi) is 4.61. The molecule has 0 rings (SSSR count). The Hall–Kier alpha value is 0.470. The summed E-state index contributed by atoms with van der Waals surface area (Å²) < 4.78 is 0.692. The lowest BCUT2D eigenvalue weighted by Gasteiger charge is -2.06. The maximum absolute atomic E-state index is 3.94. The molecule has 1 heteroatoms. The number of alkyl halides is 1. The zero-order valence-corrected chi connectivity index (χ0v) is 7.73. The Morgan fingerprint density at radius 3 is 2.25 bits per heavy atom. The van der Waals surface area contributed by atoms with Gasteiger partial charge < -0.3 is 0 Å². The third-order valence-corrected chi connectivity index (χ3v) is 3.02. The molecular weight excluding hydrogens is 211 g/mol. The Morgan fingerprint density at radius 1 is 1.62 bits per heavy atom. The highest BCUT2D eigenvalue weighted by atomic mass is 127. The van der Waals surface area contributed by atoms with E-state index >= 15 is 0 Å². The smallest absolute Gasteiger partial charge is 0.0313 e. The molecule has 1 atom stereocenters. The van der Waals surface area contributed by atoms with Gasteiger partial charge in [-0.3, -0.25) is 0 Å². The van der Waals surface area contributed by atoms with Gasteiger partial charge in [0.05, 0.1) is 0 Å². The van der Waals surface area contributed by atoms with Crippen LogP contribution in [0.15, 0.2) is 12.2 Å².